The minimum atomic E-state index is -1.57. The lowest BCUT2D eigenvalue weighted by atomic mass is 9.99. The summed E-state index contributed by atoms with van der Waals surface area (Å²) in [5, 5.41) is 54.2. The monoisotopic (exact) mass is 968 g/mol. The number of aliphatic hydroxyl groups excluding tert-OH is 5. The zero-order valence-electron chi connectivity index (χ0n) is 44.0. The molecule has 0 saturated carbocycles. The van der Waals surface area contributed by atoms with Crippen LogP contribution in [0.15, 0.2) is 85.1 Å². The highest BCUT2D eigenvalue weighted by atomic mass is 16.7. The van der Waals surface area contributed by atoms with E-state index < -0.39 is 49.5 Å². The van der Waals surface area contributed by atoms with Gasteiger partial charge in [-0.1, -0.05) is 234 Å². The van der Waals surface area contributed by atoms with Gasteiger partial charge in [0.2, 0.25) is 5.91 Å². The van der Waals surface area contributed by atoms with Crippen molar-refractivity contribution in [2.24, 2.45) is 0 Å². The molecule has 1 saturated heterocycles. The molecule has 0 aromatic rings. The molecule has 0 aromatic heterocycles. The molecule has 9 nitrogen and oxygen atoms in total. The Labute approximate surface area is 422 Å². The van der Waals surface area contributed by atoms with Crippen molar-refractivity contribution in [1.82, 2.24) is 5.32 Å². The van der Waals surface area contributed by atoms with Gasteiger partial charge in [-0.2, -0.15) is 0 Å². The summed E-state index contributed by atoms with van der Waals surface area (Å²) in [6.07, 6.45) is 62.4. The molecule has 0 bridgehead atoms. The second-order valence-corrected chi connectivity index (χ2v) is 19.3. The number of hydrogen-bond donors (Lipinski definition) is 6. The average Bonchev–Trinajstić information content (AvgIpc) is 3.35. The van der Waals surface area contributed by atoms with Gasteiger partial charge in [0.1, 0.15) is 24.4 Å². The van der Waals surface area contributed by atoms with E-state index in [-0.39, 0.29) is 12.5 Å². The molecular formula is C60H105NO8. The Morgan fingerprint density at radius 3 is 1.39 bits per heavy atom. The number of rotatable bonds is 47. The van der Waals surface area contributed by atoms with Crippen LogP contribution in [-0.4, -0.2) is 87.5 Å². The maximum atomic E-state index is 13.0. The Kier molecular flexibility index (Phi) is 45.7. The van der Waals surface area contributed by atoms with E-state index in [2.05, 4.69) is 92.1 Å². The molecule has 1 fully saturated rings. The molecule has 0 aromatic carbocycles. The van der Waals surface area contributed by atoms with Crippen LogP contribution in [0.1, 0.15) is 232 Å². The van der Waals surface area contributed by atoms with Crippen LogP contribution in [0, 0.1) is 0 Å². The molecule has 9 heteroatoms. The molecule has 1 rings (SSSR count). The molecule has 6 N–H and O–H groups in total. The fourth-order valence-electron chi connectivity index (χ4n) is 8.49. The Hall–Kier alpha value is -2.63. The first-order chi connectivity index (χ1) is 33.8. The van der Waals surface area contributed by atoms with Crippen molar-refractivity contribution in [2.75, 3.05) is 13.2 Å². The first kappa shape index (κ1) is 64.4. The number of amides is 1. The molecule has 1 aliphatic heterocycles. The van der Waals surface area contributed by atoms with Crippen LogP contribution < -0.4 is 5.32 Å². The van der Waals surface area contributed by atoms with Gasteiger partial charge in [-0.15, -0.1) is 0 Å². The Bertz CT molecular complexity index is 1350. The van der Waals surface area contributed by atoms with Crippen molar-refractivity contribution in [3.05, 3.63) is 85.1 Å². The second kappa shape index (κ2) is 49.0. The second-order valence-electron chi connectivity index (χ2n) is 19.3. The van der Waals surface area contributed by atoms with E-state index in [0.717, 1.165) is 70.6 Å². The Morgan fingerprint density at radius 1 is 0.507 bits per heavy atom. The summed E-state index contributed by atoms with van der Waals surface area (Å²) in [4.78, 5) is 13.0. The predicted octanol–water partition coefficient (Wildman–Crippen LogP) is 13.8. The molecular weight excluding hydrogens is 863 g/mol. The first-order valence-electron chi connectivity index (χ1n) is 28.3. The number of allylic oxidation sites excluding steroid dienone is 13. The van der Waals surface area contributed by atoms with Gasteiger partial charge in [0.25, 0.3) is 0 Å². The van der Waals surface area contributed by atoms with E-state index in [1.165, 1.54) is 141 Å². The van der Waals surface area contributed by atoms with Crippen LogP contribution in [0.4, 0.5) is 0 Å². The van der Waals surface area contributed by atoms with Crippen LogP contribution in [0.3, 0.4) is 0 Å². The van der Waals surface area contributed by atoms with Crippen LogP contribution in [0.25, 0.3) is 0 Å². The maximum Gasteiger partial charge on any atom is 0.220 e. The van der Waals surface area contributed by atoms with Crippen molar-refractivity contribution in [3.63, 3.8) is 0 Å². The highest BCUT2D eigenvalue weighted by Gasteiger charge is 2.44. The lowest BCUT2D eigenvalue weighted by Gasteiger charge is -2.40. The van der Waals surface area contributed by atoms with Gasteiger partial charge in [0.05, 0.1) is 25.4 Å². The van der Waals surface area contributed by atoms with Crippen molar-refractivity contribution in [1.29, 1.82) is 0 Å². The molecule has 7 atom stereocenters. The van der Waals surface area contributed by atoms with E-state index in [1.54, 1.807) is 6.08 Å². The van der Waals surface area contributed by atoms with Gasteiger partial charge in [0, 0.05) is 6.42 Å². The van der Waals surface area contributed by atoms with Gasteiger partial charge in [-0.05, 0) is 77.0 Å². The molecule has 0 spiro atoms. The summed E-state index contributed by atoms with van der Waals surface area (Å²) in [6, 6.07) is -0.822. The SMILES string of the molecule is CC/C=C\C/C=C\C/C=C\C/C=C\C/C=C\CCCCCCCCCCCCCCCCCCCCCC(=O)NC(COC1OC(CO)C(O)C(O)C1O)C(O)/C=C/CC/C=C/CCCCCCC. The van der Waals surface area contributed by atoms with E-state index in [1.807, 2.05) is 6.08 Å². The highest BCUT2D eigenvalue weighted by molar-refractivity contribution is 5.76. The summed E-state index contributed by atoms with van der Waals surface area (Å²) >= 11 is 0. The number of carbonyl (C=O) groups excluding carboxylic acids is 1. The smallest absolute Gasteiger partial charge is 0.220 e. The van der Waals surface area contributed by atoms with Crippen LogP contribution in [0.2, 0.25) is 0 Å². The number of aliphatic hydroxyl groups is 5. The standard InChI is InChI=1S/C60H105NO8/c1-3-5-7-9-11-13-15-16-17-18-19-20-21-22-23-24-25-26-27-28-29-30-31-32-33-34-35-36-37-38-40-42-44-46-48-50-56(64)61-53(52-68-60-59(67)58(66)57(65)55(51-62)69-60)54(63)49-47-45-43-41-39-14-12-10-8-6-4-2/h5,7,11,13,16-17,19-20,22-23,39,41,47,49,53-55,57-60,62-63,65-67H,3-4,6,8-10,12,14-15,18,21,24-38,40,42-46,48,50-52H2,1-2H3,(H,61,64)/b7-5-,13-11-,17-16-,20-19-,23-22-,41-39+,49-47+. The third-order valence-electron chi connectivity index (χ3n) is 13.0. The Morgan fingerprint density at radius 2 is 0.913 bits per heavy atom. The fourth-order valence-corrected chi connectivity index (χ4v) is 8.49. The lowest BCUT2D eigenvalue weighted by Crippen LogP contribution is -2.60. The average molecular weight is 968 g/mol. The largest absolute Gasteiger partial charge is 0.394 e. The number of nitrogens with one attached hydrogen (secondary N) is 1. The maximum absolute atomic E-state index is 13.0. The lowest BCUT2D eigenvalue weighted by molar-refractivity contribution is -0.302. The normalized spacial score (nSPS) is 20.1. The van der Waals surface area contributed by atoms with Gasteiger partial charge in [-0.25, -0.2) is 0 Å². The molecule has 7 unspecified atom stereocenters. The zero-order chi connectivity index (χ0) is 50.1. The fraction of sp³-hybridized carbons (Fsp3) is 0.750. The summed E-state index contributed by atoms with van der Waals surface area (Å²) in [7, 11) is 0. The molecule has 0 aliphatic carbocycles. The Balaban J connectivity index is 2.10. The van der Waals surface area contributed by atoms with Gasteiger partial charge < -0.3 is 40.3 Å². The van der Waals surface area contributed by atoms with Gasteiger partial charge in [0.15, 0.2) is 6.29 Å². The topological polar surface area (TPSA) is 149 Å². The third-order valence-corrected chi connectivity index (χ3v) is 13.0. The van der Waals surface area contributed by atoms with Gasteiger partial charge in [-0.3, -0.25) is 4.79 Å². The van der Waals surface area contributed by atoms with Crippen LogP contribution >= 0.6 is 0 Å². The van der Waals surface area contributed by atoms with E-state index in [9.17, 15) is 30.3 Å². The predicted molar refractivity (Wildman–Crippen MR) is 290 cm³/mol. The minimum absolute atomic E-state index is 0.189. The number of unbranched alkanes of at least 4 members (excludes halogenated alkanes) is 25. The number of carbonyl (C=O) groups is 1. The molecule has 0 radical (unpaired) electrons. The number of ether oxygens (including phenoxy) is 2. The van der Waals surface area contributed by atoms with Crippen LogP contribution in [0.5, 0.6) is 0 Å². The summed E-state index contributed by atoms with van der Waals surface area (Å²) in [5.74, 6) is -0.189. The van der Waals surface area contributed by atoms with Gasteiger partial charge >= 0.3 is 0 Å². The first-order valence-corrected chi connectivity index (χ1v) is 28.3. The summed E-state index contributed by atoms with van der Waals surface area (Å²) in [6.45, 7) is 3.62. The molecule has 1 aliphatic rings. The summed E-state index contributed by atoms with van der Waals surface area (Å²) < 4.78 is 11.2. The van der Waals surface area contributed by atoms with Crippen LogP contribution in [-0.2, 0) is 14.3 Å². The van der Waals surface area contributed by atoms with E-state index in [0.29, 0.717) is 6.42 Å². The molecule has 69 heavy (non-hydrogen) atoms. The zero-order valence-corrected chi connectivity index (χ0v) is 44.0. The number of hydrogen-bond acceptors (Lipinski definition) is 8. The molecule has 1 amide bonds. The molecule has 398 valence electrons. The van der Waals surface area contributed by atoms with Crippen molar-refractivity contribution in [2.45, 2.75) is 275 Å². The van der Waals surface area contributed by atoms with Crippen molar-refractivity contribution >= 4 is 5.91 Å². The van der Waals surface area contributed by atoms with Crippen molar-refractivity contribution < 1.29 is 39.8 Å². The van der Waals surface area contributed by atoms with E-state index >= 15 is 0 Å². The highest BCUT2D eigenvalue weighted by Crippen LogP contribution is 2.23. The summed E-state index contributed by atoms with van der Waals surface area (Å²) in [5.41, 5.74) is 0. The van der Waals surface area contributed by atoms with E-state index in [4.69, 9.17) is 9.47 Å². The third kappa shape index (κ3) is 38.7. The molecule has 1 heterocycles. The quantitative estimate of drug-likeness (QED) is 0.0261. The minimum Gasteiger partial charge on any atom is -0.394 e. The van der Waals surface area contributed by atoms with Crippen molar-refractivity contribution in [3.8, 4) is 0 Å².